The first kappa shape index (κ1) is 15.9. The van der Waals surface area contributed by atoms with Gasteiger partial charge in [0.1, 0.15) is 6.54 Å². The third-order valence-electron chi connectivity index (χ3n) is 2.90. The normalized spacial score (nSPS) is 11.3. The summed E-state index contributed by atoms with van der Waals surface area (Å²) in [7, 11) is -3.67. The van der Waals surface area contributed by atoms with Gasteiger partial charge < -0.3 is 0 Å². The number of nitrogens with zero attached hydrogens (tertiary/aromatic N) is 2. The zero-order chi connectivity index (χ0) is 15.3. The third kappa shape index (κ3) is 4.03. The molecule has 0 saturated carbocycles. The Balaban J connectivity index is 2.32. The SMILES string of the molecule is N#CCN(Cc1ccccc1)S(=O)(=O)c1ccc(I)cc1. The number of hydrogen-bond acceptors (Lipinski definition) is 3. The first-order chi connectivity index (χ1) is 10.0. The van der Waals surface area contributed by atoms with Gasteiger partial charge in [-0.15, -0.1) is 0 Å². The van der Waals surface area contributed by atoms with Crippen molar-refractivity contribution in [1.82, 2.24) is 4.31 Å². The van der Waals surface area contributed by atoms with Gasteiger partial charge in [0.15, 0.2) is 0 Å². The molecule has 0 amide bonds. The molecule has 2 aromatic carbocycles. The Kier molecular flexibility index (Phi) is 5.33. The van der Waals surface area contributed by atoms with E-state index < -0.39 is 10.0 Å². The highest BCUT2D eigenvalue weighted by Crippen LogP contribution is 2.19. The summed E-state index contributed by atoms with van der Waals surface area (Å²) in [4.78, 5) is 0.203. The summed E-state index contributed by atoms with van der Waals surface area (Å²) in [5.74, 6) is 0. The van der Waals surface area contributed by atoms with E-state index in [2.05, 4.69) is 22.6 Å². The van der Waals surface area contributed by atoms with Gasteiger partial charge in [-0.2, -0.15) is 9.57 Å². The van der Waals surface area contributed by atoms with Crippen molar-refractivity contribution in [3.05, 3.63) is 63.7 Å². The fraction of sp³-hybridized carbons (Fsp3) is 0.133. The highest BCUT2D eigenvalue weighted by Gasteiger charge is 2.24. The van der Waals surface area contributed by atoms with Crippen LogP contribution in [0.2, 0.25) is 0 Å². The fourth-order valence-electron chi connectivity index (χ4n) is 1.85. The molecule has 0 radical (unpaired) electrons. The quantitative estimate of drug-likeness (QED) is 0.561. The Labute approximate surface area is 138 Å². The van der Waals surface area contributed by atoms with Crippen LogP contribution in [0, 0.1) is 14.9 Å². The van der Waals surface area contributed by atoms with Gasteiger partial charge in [-0.25, -0.2) is 8.42 Å². The van der Waals surface area contributed by atoms with E-state index in [0.29, 0.717) is 0 Å². The van der Waals surface area contributed by atoms with Crippen LogP contribution in [0.1, 0.15) is 5.56 Å². The molecule has 4 nitrogen and oxygen atoms in total. The summed E-state index contributed by atoms with van der Waals surface area (Å²) < 4.78 is 27.4. The van der Waals surface area contributed by atoms with Crippen LogP contribution >= 0.6 is 22.6 Å². The maximum Gasteiger partial charge on any atom is 0.244 e. The molecule has 2 rings (SSSR count). The van der Waals surface area contributed by atoms with Crippen LogP contribution in [0.4, 0.5) is 0 Å². The third-order valence-corrected chi connectivity index (χ3v) is 5.43. The Morgan fingerprint density at radius 3 is 2.24 bits per heavy atom. The summed E-state index contributed by atoms with van der Waals surface area (Å²) in [6.45, 7) is 0.00589. The zero-order valence-electron chi connectivity index (χ0n) is 11.1. The number of rotatable bonds is 5. The summed E-state index contributed by atoms with van der Waals surface area (Å²) in [5.41, 5.74) is 0.849. The predicted molar refractivity (Wildman–Crippen MR) is 88.8 cm³/mol. The van der Waals surface area contributed by atoms with E-state index in [4.69, 9.17) is 5.26 Å². The summed E-state index contributed by atoms with van der Waals surface area (Å²) in [6.07, 6.45) is 0. The van der Waals surface area contributed by atoms with Crippen molar-refractivity contribution in [2.75, 3.05) is 6.54 Å². The van der Waals surface area contributed by atoms with Crippen molar-refractivity contribution in [2.45, 2.75) is 11.4 Å². The Morgan fingerprint density at radius 2 is 1.67 bits per heavy atom. The Bertz CT molecular complexity index is 737. The molecule has 0 unspecified atom stereocenters. The van der Waals surface area contributed by atoms with Gasteiger partial charge in [0.05, 0.1) is 11.0 Å². The van der Waals surface area contributed by atoms with Gasteiger partial charge in [0.2, 0.25) is 10.0 Å². The largest absolute Gasteiger partial charge is 0.244 e. The zero-order valence-corrected chi connectivity index (χ0v) is 14.1. The molecule has 6 heteroatoms. The van der Waals surface area contributed by atoms with Gasteiger partial charge in [0.25, 0.3) is 0 Å². The van der Waals surface area contributed by atoms with Crippen LogP contribution in [0.15, 0.2) is 59.5 Å². The van der Waals surface area contributed by atoms with Crippen molar-refractivity contribution in [3.8, 4) is 6.07 Å². The van der Waals surface area contributed by atoms with Gasteiger partial charge in [-0.3, -0.25) is 0 Å². The van der Waals surface area contributed by atoms with Crippen LogP contribution in [0.25, 0.3) is 0 Å². The standard InChI is InChI=1S/C15H13IN2O2S/c16-14-6-8-15(9-7-14)21(19,20)18(11-10-17)12-13-4-2-1-3-5-13/h1-9H,11-12H2. The second-order valence-corrected chi connectivity index (χ2v) is 7.55. The van der Waals surface area contributed by atoms with E-state index in [-0.39, 0.29) is 18.0 Å². The number of sulfonamides is 1. The first-order valence-electron chi connectivity index (χ1n) is 6.20. The smallest absolute Gasteiger partial charge is 0.207 e. The van der Waals surface area contributed by atoms with E-state index >= 15 is 0 Å². The minimum absolute atomic E-state index is 0.177. The minimum atomic E-state index is -3.67. The summed E-state index contributed by atoms with van der Waals surface area (Å²) >= 11 is 2.12. The van der Waals surface area contributed by atoms with Crippen molar-refractivity contribution < 1.29 is 8.42 Å². The fourth-order valence-corrected chi connectivity index (χ4v) is 3.53. The molecule has 0 saturated heterocycles. The molecular formula is C15H13IN2O2S. The highest BCUT2D eigenvalue weighted by molar-refractivity contribution is 14.1. The van der Waals surface area contributed by atoms with Crippen molar-refractivity contribution in [2.24, 2.45) is 0 Å². The first-order valence-corrected chi connectivity index (χ1v) is 8.72. The van der Waals surface area contributed by atoms with E-state index in [1.807, 2.05) is 36.4 Å². The number of halogens is 1. The maximum absolute atomic E-state index is 12.6. The van der Waals surface area contributed by atoms with Crippen LogP contribution < -0.4 is 0 Å². The number of nitriles is 1. The molecule has 0 aliphatic carbocycles. The van der Waals surface area contributed by atoms with Crippen LogP contribution in [0.5, 0.6) is 0 Å². The average Bonchev–Trinajstić information content (AvgIpc) is 2.48. The number of benzene rings is 2. The van der Waals surface area contributed by atoms with Gasteiger partial charge >= 0.3 is 0 Å². The topological polar surface area (TPSA) is 61.2 Å². The Morgan fingerprint density at radius 1 is 1.05 bits per heavy atom. The summed E-state index contributed by atoms with van der Waals surface area (Å²) in [5, 5.41) is 8.91. The van der Waals surface area contributed by atoms with Gasteiger partial charge in [0, 0.05) is 10.1 Å². The van der Waals surface area contributed by atoms with Crippen LogP contribution in [-0.4, -0.2) is 19.3 Å². The molecule has 0 N–H and O–H groups in total. The molecule has 0 aliphatic heterocycles. The van der Waals surface area contributed by atoms with Crippen molar-refractivity contribution in [3.63, 3.8) is 0 Å². The molecule has 21 heavy (non-hydrogen) atoms. The molecule has 0 bridgehead atoms. The van der Waals surface area contributed by atoms with Crippen molar-refractivity contribution >= 4 is 32.6 Å². The lowest BCUT2D eigenvalue weighted by Gasteiger charge is -2.19. The highest BCUT2D eigenvalue weighted by atomic mass is 127. The predicted octanol–water partition coefficient (Wildman–Crippen LogP) is 3.01. The average molecular weight is 412 g/mol. The van der Waals surface area contributed by atoms with Gasteiger partial charge in [-0.05, 0) is 52.4 Å². The van der Waals surface area contributed by atoms with Crippen LogP contribution in [0.3, 0.4) is 0 Å². The second-order valence-electron chi connectivity index (χ2n) is 4.37. The Hall–Kier alpha value is -1.43. The van der Waals surface area contributed by atoms with Gasteiger partial charge in [-0.1, -0.05) is 30.3 Å². The molecule has 0 aromatic heterocycles. The lowest BCUT2D eigenvalue weighted by atomic mass is 10.2. The monoisotopic (exact) mass is 412 g/mol. The molecule has 0 aliphatic rings. The molecule has 2 aromatic rings. The van der Waals surface area contributed by atoms with Crippen molar-refractivity contribution in [1.29, 1.82) is 5.26 Å². The lowest BCUT2D eigenvalue weighted by molar-refractivity contribution is 0.441. The molecule has 0 fully saturated rings. The molecule has 108 valence electrons. The molecule has 0 heterocycles. The second kappa shape index (κ2) is 7.02. The molecular weight excluding hydrogens is 399 g/mol. The van der Waals surface area contributed by atoms with E-state index in [1.165, 1.54) is 4.31 Å². The molecule has 0 atom stereocenters. The lowest BCUT2D eigenvalue weighted by Crippen LogP contribution is -2.31. The van der Waals surface area contributed by atoms with E-state index in [0.717, 1.165) is 9.13 Å². The van der Waals surface area contributed by atoms with E-state index in [1.54, 1.807) is 24.3 Å². The van der Waals surface area contributed by atoms with E-state index in [9.17, 15) is 8.42 Å². The maximum atomic E-state index is 12.6. The van der Waals surface area contributed by atoms with Crippen LogP contribution in [-0.2, 0) is 16.6 Å². The summed E-state index contributed by atoms with van der Waals surface area (Å²) in [6, 6.07) is 17.8. The number of hydrogen-bond donors (Lipinski definition) is 0. The minimum Gasteiger partial charge on any atom is -0.207 e. The molecule has 0 spiro atoms.